The van der Waals surface area contributed by atoms with Crippen molar-refractivity contribution in [2.45, 2.75) is 13.3 Å². The number of nitrogens with one attached hydrogen (secondary N) is 2. The second-order valence-electron chi connectivity index (χ2n) is 5.42. The Hall–Kier alpha value is -2.99. The minimum Gasteiger partial charge on any atom is -0.324 e. The summed E-state index contributed by atoms with van der Waals surface area (Å²) in [4.78, 5) is 35.7. The summed E-state index contributed by atoms with van der Waals surface area (Å²) in [5.41, 5.74) is 1.67. The van der Waals surface area contributed by atoms with E-state index in [1.807, 2.05) is 0 Å². The van der Waals surface area contributed by atoms with Crippen molar-refractivity contribution in [3.63, 3.8) is 0 Å². The van der Waals surface area contributed by atoms with Crippen LogP contribution in [-0.2, 0) is 11.2 Å². The number of para-hydroxylation sites is 1. The molecule has 0 atom stereocenters. The highest BCUT2D eigenvalue weighted by molar-refractivity contribution is 6.33. The minimum absolute atomic E-state index is 0.0906. The average molecular weight is 355 g/mol. The van der Waals surface area contributed by atoms with Gasteiger partial charge in [0, 0.05) is 29.2 Å². The van der Waals surface area contributed by atoms with Crippen molar-refractivity contribution < 1.29 is 4.79 Å². The molecule has 0 spiro atoms. The molecule has 0 saturated heterocycles. The molecule has 3 aromatic rings. The Balaban J connectivity index is 1.82. The van der Waals surface area contributed by atoms with Crippen LogP contribution in [0.3, 0.4) is 0 Å². The summed E-state index contributed by atoms with van der Waals surface area (Å²) in [6.45, 7) is 1.70. The minimum atomic E-state index is -0.347. The van der Waals surface area contributed by atoms with Crippen molar-refractivity contribution in [1.82, 2.24) is 15.0 Å². The number of aromatic amines is 1. The summed E-state index contributed by atoms with van der Waals surface area (Å²) in [6, 6.07) is 10.5. The van der Waals surface area contributed by atoms with Crippen molar-refractivity contribution in [2.24, 2.45) is 0 Å². The van der Waals surface area contributed by atoms with Gasteiger partial charge in [-0.3, -0.25) is 14.6 Å². The molecule has 0 radical (unpaired) electrons. The van der Waals surface area contributed by atoms with E-state index in [-0.39, 0.29) is 17.9 Å². The van der Waals surface area contributed by atoms with Crippen LogP contribution < -0.4 is 10.9 Å². The molecule has 0 fully saturated rings. The molecule has 3 rings (SSSR count). The largest absolute Gasteiger partial charge is 0.324 e. The lowest BCUT2D eigenvalue weighted by Crippen LogP contribution is -2.24. The zero-order valence-electron chi connectivity index (χ0n) is 13.4. The topological polar surface area (TPSA) is 87.7 Å². The van der Waals surface area contributed by atoms with E-state index in [1.165, 1.54) is 0 Å². The molecular formula is C18H15ClN4O2. The standard InChI is InChI=1S/C18H15ClN4O2/c1-11-13(9-16(24)22-15-7-3-2-6-14(15)19)18(25)23-17(21-11)12-5-4-8-20-10-12/h2-8,10H,9H2,1H3,(H,22,24)(H,21,23,25). The van der Waals surface area contributed by atoms with Crippen LogP contribution in [0.2, 0.25) is 5.02 Å². The summed E-state index contributed by atoms with van der Waals surface area (Å²) < 4.78 is 0. The Morgan fingerprint density at radius 3 is 2.72 bits per heavy atom. The van der Waals surface area contributed by atoms with Crippen LogP contribution in [0.4, 0.5) is 5.69 Å². The van der Waals surface area contributed by atoms with Crippen LogP contribution in [0.25, 0.3) is 11.4 Å². The van der Waals surface area contributed by atoms with Gasteiger partial charge in [0.2, 0.25) is 5.91 Å². The third-order valence-corrected chi connectivity index (χ3v) is 3.97. The molecule has 0 bridgehead atoms. The maximum absolute atomic E-state index is 12.4. The lowest BCUT2D eigenvalue weighted by atomic mass is 10.1. The summed E-state index contributed by atoms with van der Waals surface area (Å²) in [6.07, 6.45) is 3.16. The molecule has 2 N–H and O–H groups in total. The third kappa shape index (κ3) is 3.92. The van der Waals surface area contributed by atoms with Gasteiger partial charge in [-0.05, 0) is 31.2 Å². The van der Waals surface area contributed by atoms with Crippen LogP contribution >= 0.6 is 11.6 Å². The fourth-order valence-electron chi connectivity index (χ4n) is 2.38. The van der Waals surface area contributed by atoms with Gasteiger partial charge in [0.25, 0.3) is 5.56 Å². The molecule has 1 amide bonds. The Morgan fingerprint density at radius 1 is 1.24 bits per heavy atom. The molecule has 1 aromatic carbocycles. The molecule has 0 aliphatic carbocycles. The van der Waals surface area contributed by atoms with Gasteiger partial charge in [-0.25, -0.2) is 4.98 Å². The first kappa shape index (κ1) is 16.9. The number of carbonyl (C=O) groups excluding carboxylic acids is 1. The number of aromatic nitrogens is 3. The average Bonchev–Trinajstić information content (AvgIpc) is 2.61. The number of anilines is 1. The Morgan fingerprint density at radius 2 is 2.04 bits per heavy atom. The van der Waals surface area contributed by atoms with Crippen LogP contribution in [0, 0.1) is 6.92 Å². The van der Waals surface area contributed by atoms with E-state index in [4.69, 9.17) is 11.6 Å². The third-order valence-electron chi connectivity index (χ3n) is 3.64. The molecule has 0 saturated carbocycles. The highest BCUT2D eigenvalue weighted by Crippen LogP contribution is 2.20. The van der Waals surface area contributed by atoms with Gasteiger partial charge in [-0.1, -0.05) is 23.7 Å². The summed E-state index contributed by atoms with van der Waals surface area (Å²) in [5, 5.41) is 3.13. The van der Waals surface area contributed by atoms with Gasteiger partial charge in [-0.15, -0.1) is 0 Å². The zero-order chi connectivity index (χ0) is 17.8. The van der Waals surface area contributed by atoms with Crippen molar-refractivity contribution in [1.29, 1.82) is 0 Å². The SMILES string of the molecule is Cc1nc(-c2cccnc2)[nH]c(=O)c1CC(=O)Nc1ccccc1Cl. The number of carbonyl (C=O) groups is 1. The Bertz CT molecular complexity index is 970. The van der Waals surface area contributed by atoms with E-state index < -0.39 is 0 Å². The first-order valence-electron chi connectivity index (χ1n) is 7.59. The molecule has 0 unspecified atom stereocenters. The number of halogens is 1. The van der Waals surface area contributed by atoms with Gasteiger partial charge in [-0.2, -0.15) is 0 Å². The van der Waals surface area contributed by atoms with Gasteiger partial charge in [0.1, 0.15) is 5.82 Å². The van der Waals surface area contributed by atoms with Crippen LogP contribution in [0.5, 0.6) is 0 Å². The maximum Gasteiger partial charge on any atom is 0.255 e. The smallest absolute Gasteiger partial charge is 0.255 e. The summed E-state index contributed by atoms with van der Waals surface area (Å²) in [5.74, 6) is 0.0866. The fraction of sp³-hybridized carbons (Fsp3) is 0.111. The monoisotopic (exact) mass is 354 g/mol. The fourth-order valence-corrected chi connectivity index (χ4v) is 2.56. The number of aryl methyl sites for hydroxylation is 1. The van der Waals surface area contributed by atoms with E-state index in [0.717, 1.165) is 0 Å². The predicted molar refractivity (Wildman–Crippen MR) is 96.6 cm³/mol. The van der Waals surface area contributed by atoms with Crippen molar-refractivity contribution in [3.8, 4) is 11.4 Å². The summed E-state index contributed by atoms with van der Waals surface area (Å²) in [7, 11) is 0. The quantitative estimate of drug-likeness (QED) is 0.754. The van der Waals surface area contributed by atoms with Crippen LogP contribution in [-0.4, -0.2) is 20.9 Å². The van der Waals surface area contributed by atoms with Crippen molar-refractivity contribution >= 4 is 23.2 Å². The molecular weight excluding hydrogens is 340 g/mol. The van der Waals surface area contributed by atoms with E-state index in [0.29, 0.717) is 33.4 Å². The number of nitrogens with zero attached hydrogens (tertiary/aromatic N) is 2. The number of hydrogen-bond acceptors (Lipinski definition) is 4. The van der Waals surface area contributed by atoms with Gasteiger partial charge in [0.05, 0.1) is 17.1 Å². The molecule has 7 heteroatoms. The first-order chi connectivity index (χ1) is 12.0. The molecule has 0 aliphatic heterocycles. The second-order valence-corrected chi connectivity index (χ2v) is 5.83. The molecule has 2 heterocycles. The number of H-pyrrole nitrogens is 1. The van der Waals surface area contributed by atoms with Crippen LogP contribution in [0.1, 0.15) is 11.3 Å². The Kier molecular flexibility index (Phi) is 4.90. The van der Waals surface area contributed by atoms with E-state index in [1.54, 1.807) is 55.7 Å². The lowest BCUT2D eigenvalue weighted by Gasteiger charge is -2.09. The number of amides is 1. The molecule has 25 heavy (non-hydrogen) atoms. The normalized spacial score (nSPS) is 10.5. The molecule has 6 nitrogen and oxygen atoms in total. The first-order valence-corrected chi connectivity index (χ1v) is 7.97. The molecule has 126 valence electrons. The zero-order valence-corrected chi connectivity index (χ0v) is 14.2. The van der Waals surface area contributed by atoms with Gasteiger partial charge < -0.3 is 10.3 Å². The van der Waals surface area contributed by atoms with Crippen LogP contribution in [0.15, 0.2) is 53.6 Å². The Labute approximate surface area is 148 Å². The number of hydrogen-bond donors (Lipinski definition) is 2. The molecule has 0 aliphatic rings. The van der Waals surface area contributed by atoms with E-state index in [9.17, 15) is 9.59 Å². The van der Waals surface area contributed by atoms with E-state index in [2.05, 4.69) is 20.3 Å². The van der Waals surface area contributed by atoms with Crippen molar-refractivity contribution in [3.05, 3.63) is 75.4 Å². The number of pyridine rings is 1. The highest BCUT2D eigenvalue weighted by atomic mass is 35.5. The summed E-state index contributed by atoms with van der Waals surface area (Å²) >= 11 is 6.02. The van der Waals surface area contributed by atoms with E-state index >= 15 is 0 Å². The number of rotatable bonds is 4. The highest BCUT2D eigenvalue weighted by Gasteiger charge is 2.14. The molecule has 2 aromatic heterocycles. The number of benzene rings is 1. The lowest BCUT2D eigenvalue weighted by molar-refractivity contribution is -0.115. The predicted octanol–water partition coefficient (Wildman–Crippen LogP) is 2.97. The van der Waals surface area contributed by atoms with Crippen molar-refractivity contribution in [2.75, 3.05) is 5.32 Å². The van der Waals surface area contributed by atoms with Gasteiger partial charge >= 0.3 is 0 Å². The second kappa shape index (κ2) is 7.27. The maximum atomic E-state index is 12.4. The van der Waals surface area contributed by atoms with Gasteiger partial charge in [0.15, 0.2) is 0 Å².